The van der Waals surface area contributed by atoms with Gasteiger partial charge in [0.2, 0.25) is 17.7 Å². The van der Waals surface area contributed by atoms with Gasteiger partial charge in [0, 0.05) is 5.69 Å². The van der Waals surface area contributed by atoms with Gasteiger partial charge in [-0.3, -0.25) is 19.2 Å². The number of carbonyl (C=O) groups excluding carboxylic acids is 4. The Balaban J connectivity index is 2.50. The number of amides is 3. The zero-order valence-electron chi connectivity index (χ0n) is 14.8. The lowest BCUT2D eigenvalue weighted by Crippen LogP contribution is -2.52. The van der Waals surface area contributed by atoms with Crippen LogP contribution in [0.3, 0.4) is 0 Å². The smallest absolute Gasteiger partial charge is 0.293 e. The van der Waals surface area contributed by atoms with Crippen LogP contribution in [0.1, 0.15) is 19.4 Å². The van der Waals surface area contributed by atoms with Gasteiger partial charge in [0.05, 0.1) is 13.1 Å². The van der Waals surface area contributed by atoms with Gasteiger partial charge in [-0.2, -0.15) is 0 Å². The molecule has 0 aliphatic carbocycles. The molecule has 26 heavy (non-hydrogen) atoms. The first kappa shape index (κ1) is 21.1. The number of ether oxygens (including phenoxy) is 1. The van der Waals surface area contributed by atoms with Crippen molar-refractivity contribution in [2.75, 3.05) is 18.4 Å². The highest BCUT2D eigenvalue weighted by Crippen LogP contribution is 2.10. The van der Waals surface area contributed by atoms with Gasteiger partial charge < -0.3 is 26.4 Å². The molecule has 0 aliphatic rings. The fourth-order valence-corrected chi connectivity index (χ4v) is 2.06. The van der Waals surface area contributed by atoms with E-state index in [0.717, 1.165) is 5.56 Å². The summed E-state index contributed by atoms with van der Waals surface area (Å²) >= 11 is 0. The first-order chi connectivity index (χ1) is 12.4. The molecule has 0 heterocycles. The lowest BCUT2D eigenvalue weighted by Gasteiger charge is -2.21. The zero-order valence-corrected chi connectivity index (χ0v) is 14.8. The van der Waals surface area contributed by atoms with Crippen molar-refractivity contribution in [2.45, 2.75) is 26.5 Å². The van der Waals surface area contributed by atoms with Crippen LogP contribution in [0.2, 0.25) is 0 Å². The molecule has 1 atom stereocenters. The van der Waals surface area contributed by atoms with Crippen LogP contribution in [0.4, 0.5) is 5.69 Å². The Labute approximate surface area is 151 Å². The van der Waals surface area contributed by atoms with E-state index in [1.807, 2.05) is 0 Å². The van der Waals surface area contributed by atoms with Crippen molar-refractivity contribution < 1.29 is 23.9 Å². The van der Waals surface area contributed by atoms with E-state index in [-0.39, 0.29) is 25.6 Å². The monoisotopic (exact) mass is 364 g/mol. The Morgan fingerprint density at radius 3 is 2.35 bits per heavy atom. The van der Waals surface area contributed by atoms with E-state index in [0.29, 0.717) is 12.2 Å². The molecule has 1 rings (SSSR count). The molecule has 142 valence electrons. The standard InChI is InChI=1S/C17H24N4O5/c1-11(2)16(21-14(23)7-18)17(25)19-8-15(24)20-13-5-3-12(4-6-13)9-26-10-22/h3-6,10-11,16H,7-9,18H2,1-2H3,(H,19,25)(H,20,24)(H,21,23). The summed E-state index contributed by atoms with van der Waals surface area (Å²) in [6, 6.07) is 5.95. The molecule has 0 radical (unpaired) electrons. The third-order valence-corrected chi connectivity index (χ3v) is 3.43. The SMILES string of the molecule is CC(C)C(NC(=O)CN)C(=O)NCC(=O)Nc1ccc(COC=O)cc1. The number of rotatable bonds is 10. The molecule has 0 aromatic heterocycles. The van der Waals surface area contributed by atoms with Crippen LogP contribution in [0.5, 0.6) is 0 Å². The maximum atomic E-state index is 12.1. The molecule has 9 heteroatoms. The second-order valence-electron chi connectivity index (χ2n) is 5.86. The topological polar surface area (TPSA) is 140 Å². The number of hydrogen-bond acceptors (Lipinski definition) is 6. The van der Waals surface area contributed by atoms with Crippen molar-refractivity contribution in [3.8, 4) is 0 Å². The predicted molar refractivity (Wildman–Crippen MR) is 94.8 cm³/mol. The fraction of sp³-hybridized carbons (Fsp3) is 0.412. The van der Waals surface area contributed by atoms with Crippen LogP contribution in [0.25, 0.3) is 0 Å². The Kier molecular flexibility index (Phi) is 8.79. The third-order valence-electron chi connectivity index (χ3n) is 3.43. The highest BCUT2D eigenvalue weighted by atomic mass is 16.5. The third kappa shape index (κ3) is 7.31. The fourth-order valence-electron chi connectivity index (χ4n) is 2.06. The van der Waals surface area contributed by atoms with E-state index in [1.165, 1.54) is 0 Å². The summed E-state index contributed by atoms with van der Waals surface area (Å²) in [5.74, 6) is -1.47. The van der Waals surface area contributed by atoms with Gasteiger partial charge in [-0.25, -0.2) is 0 Å². The average molecular weight is 364 g/mol. The molecule has 9 nitrogen and oxygen atoms in total. The molecule has 0 saturated carbocycles. The average Bonchev–Trinajstić information content (AvgIpc) is 2.63. The van der Waals surface area contributed by atoms with Crippen LogP contribution in [0, 0.1) is 5.92 Å². The van der Waals surface area contributed by atoms with Gasteiger partial charge in [-0.1, -0.05) is 26.0 Å². The molecule has 0 saturated heterocycles. The minimum absolute atomic E-state index is 0.152. The molecular weight excluding hydrogens is 340 g/mol. The molecule has 1 aromatic carbocycles. The normalized spacial score (nSPS) is 11.4. The Morgan fingerprint density at radius 1 is 1.15 bits per heavy atom. The van der Waals surface area contributed by atoms with E-state index < -0.39 is 23.8 Å². The van der Waals surface area contributed by atoms with Crippen LogP contribution in [-0.2, 0) is 30.5 Å². The lowest BCUT2D eigenvalue weighted by atomic mass is 10.0. The molecule has 0 spiro atoms. The molecule has 0 aliphatic heterocycles. The minimum atomic E-state index is -0.768. The molecule has 0 bridgehead atoms. The maximum absolute atomic E-state index is 12.1. The molecular formula is C17H24N4O5. The van der Waals surface area contributed by atoms with Crippen molar-refractivity contribution in [3.63, 3.8) is 0 Å². The number of nitrogens with two attached hydrogens (primary N) is 1. The number of hydrogen-bond donors (Lipinski definition) is 4. The van der Waals surface area contributed by atoms with E-state index in [4.69, 9.17) is 5.73 Å². The highest BCUT2D eigenvalue weighted by Gasteiger charge is 2.23. The minimum Gasteiger partial charge on any atom is -0.463 e. The largest absolute Gasteiger partial charge is 0.463 e. The summed E-state index contributed by atoms with van der Waals surface area (Å²) < 4.78 is 4.63. The summed E-state index contributed by atoms with van der Waals surface area (Å²) in [5.41, 5.74) is 6.55. The van der Waals surface area contributed by atoms with Crippen molar-refractivity contribution in [1.82, 2.24) is 10.6 Å². The lowest BCUT2D eigenvalue weighted by molar-refractivity contribution is -0.130. The molecule has 1 unspecified atom stereocenters. The summed E-state index contributed by atoms with van der Waals surface area (Å²) in [6.07, 6.45) is 0. The summed E-state index contributed by atoms with van der Waals surface area (Å²) in [4.78, 5) is 45.6. The van der Waals surface area contributed by atoms with E-state index >= 15 is 0 Å². The van der Waals surface area contributed by atoms with Gasteiger partial charge >= 0.3 is 0 Å². The van der Waals surface area contributed by atoms with Crippen LogP contribution in [-0.4, -0.2) is 43.3 Å². The number of nitrogens with one attached hydrogen (secondary N) is 3. The second kappa shape index (κ2) is 10.8. The van der Waals surface area contributed by atoms with Crippen LogP contribution < -0.4 is 21.7 Å². The van der Waals surface area contributed by atoms with Gasteiger partial charge in [0.25, 0.3) is 6.47 Å². The number of benzene rings is 1. The van der Waals surface area contributed by atoms with Gasteiger partial charge in [-0.15, -0.1) is 0 Å². The van der Waals surface area contributed by atoms with Crippen molar-refractivity contribution in [2.24, 2.45) is 11.7 Å². The number of carbonyl (C=O) groups is 4. The molecule has 3 amide bonds. The highest BCUT2D eigenvalue weighted by molar-refractivity contribution is 5.96. The Bertz CT molecular complexity index is 631. The van der Waals surface area contributed by atoms with E-state index in [1.54, 1.807) is 38.1 Å². The molecule has 0 fully saturated rings. The van der Waals surface area contributed by atoms with Crippen molar-refractivity contribution in [3.05, 3.63) is 29.8 Å². The maximum Gasteiger partial charge on any atom is 0.293 e. The second-order valence-corrected chi connectivity index (χ2v) is 5.86. The number of anilines is 1. The first-order valence-electron chi connectivity index (χ1n) is 8.08. The Morgan fingerprint density at radius 2 is 1.81 bits per heavy atom. The van der Waals surface area contributed by atoms with Gasteiger partial charge in [0.15, 0.2) is 0 Å². The van der Waals surface area contributed by atoms with Gasteiger partial charge in [-0.05, 0) is 23.6 Å². The van der Waals surface area contributed by atoms with Crippen molar-refractivity contribution in [1.29, 1.82) is 0 Å². The van der Waals surface area contributed by atoms with E-state index in [2.05, 4.69) is 20.7 Å². The summed E-state index contributed by atoms with van der Waals surface area (Å²) in [6.45, 7) is 3.60. The van der Waals surface area contributed by atoms with Crippen LogP contribution in [0.15, 0.2) is 24.3 Å². The predicted octanol–water partition coefficient (Wildman–Crippen LogP) is -0.486. The Hall–Kier alpha value is -2.94. The zero-order chi connectivity index (χ0) is 19.5. The summed E-state index contributed by atoms with van der Waals surface area (Å²) in [5, 5.41) is 7.63. The van der Waals surface area contributed by atoms with Crippen LogP contribution >= 0.6 is 0 Å². The van der Waals surface area contributed by atoms with Gasteiger partial charge in [0.1, 0.15) is 12.6 Å². The first-order valence-corrected chi connectivity index (χ1v) is 8.08. The molecule has 1 aromatic rings. The quantitative estimate of drug-likeness (QED) is 0.413. The summed E-state index contributed by atoms with van der Waals surface area (Å²) in [7, 11) is 0. The van der Waals surface area contributed by atoms with Crippen molar-refractivity contribution >= 4 is 29.9 Å². The molecule has 5 N–H and O–H groups in total. The van der Waals surface area contributed by atoms with E-state index in [9.17, 15) is 19.2 Å².